The Hall–Kier alpha value is -1.88. The van der Waals surface area contributed by atoms with Crippen LogP contribution in [0.3, 0.4) is 0 Å². The second kappa shape index (κ2) is 5.40. The molecule has 1 aromatic carbocycles. The first kappa shape index (κ1) is 12.2. The average molecular weight is 259 g/mol. The molecule has 1 aromatic heterocycles. The molecule has 2 aromatic rings. The van der Waals surface area contributed by atoms with Crippen LogP contribution in [0.25, 0.3) is 11.5 Å². The lowest BCUT2D eigenvalue weighted by Gasteiger charge is -2.24. The molecule has 100 valence electrons. The fraction of sp³-hybridized carbons (Fsp3) is 0.429. The zero-order valence-electron chi connectivity index (χ0n) is 10.9. The molecule has 1 aliphatic heterocycles. The predicted octanol–water partition coefficient (Wildman–Crippen LogP) is 2.64. The molecule has 1 N–H and O–H groups in total. The molecule has 5 heteroatoms. The Morgan fingerprint density at radius 3 is 2.95 bits per heavy atom. The van der Waals surface area contributed by atoms with Crippen molar-refractivity contribution < 1.29 is 9.26 Å². The SMILES string of the molecule is Cc1noc(-c2ccccc2NC2CCCOC2)n1. The standard InChI is InChI=1S/C14H17N3O2/c1-10-15-14(19-17-10)12-6-2-3-7-13(12)16-11-5-4-8-18-9-11/h2-3,6-7,11,16H,4-5,8-9H2,1H3. The molecule has 3 rings (SSSR count). The second-order valence-electron chi connectivity index (χ2n) is 4.75. The summed E-state index contributed by atoms with van der Waals surface area (Å²) in [4.78, 5) is 4.29. The van der Waals surface area contributed by atoms with Crippen LogP contribution in [0.2, 0.25) is 0 Å². The molecule has 1 aliphatic rings. The van der Waals surface area contributed by atoms with Crippen LogP contribution >= 0.6 is 0 Å². The molecule has 5 nitrogen and oxygen atoms in total. The number of hydrogen-bond acceptors (Lipinski definition) is 5. The summed E-state index contributed by atoms with van der Waals surface area (Å²) in [6.07, 6.45) is 2.22. The number of nitrogens with one attached hydrogen (secondary N) is 1. The van der Waals surface area contributed by atoms with E-state index in [0.717, 1.165) is 37.3 Å². The van der Waals surface area contributed by atoms with Crippen LogP contribution in [0.5, 0.6) is 0 Å². The largest absolute Gasteiger partial charge is 0.379 e. The Bertz CT molecular complexity index is 547. The molecule has 0 radical (unpaired) electrons. The van der Waals surface area contributed by atoms with Crippen molar-refractivity contribution in [2.24, 2.45) is 0 Å². The van der Waals surface area contributed by atoms with E-state index in [-0.39, 0.29) is 0 Å². The van der Waals surface area contributed by atoms with Gasteiger partial charge in [-0.15, -0.1) is 0 Å². The Labute approximate surface area is 112 Å². The van der Waals surface area contributed by atoms with Gasteiger partial charge in [0.2, 0.25) is 0 Å². The minimum Gasteiger partial charge on any atom is -0.379 e. The topological polar surface area (TPSA) is 60.2 Å². The molecule has 1 saturated heterocycles. The van der Waals surface area contributed by atoms with E-state index >= 15 is 0 Å². The van der Waals surface area contributed by atoms with Gasteiger partial charge in [-0.25, -0.2) is 0 Å². The van der Waals surface area contributed by atoms with Crippen LogP contribution in [0.1, 0.15) is 18.7 Å². The molecule has 19 heavy (non-hydrogen) atoms. The molecule has 0 amide bonds. The maximum absolute atomic E-state index is 5.49. The summed E-state index contributed by atoms with van der Waals surface area (Å²) < 4.78 is 10.7. The lowest BCUT2D eigenvalue weighted by molar-refractivity contribution is 0.0876. The van der Waals surface area contributed by atoms with Gasteiger partial charge in [0, 0.05) is 18.3 Å². The monoisotopic (exact) mass is 259 g/mol. The average Bonchev–Trinajstić information content (AvgIpc) is 2.87. The van der Waals surface area contributed by atoms with Gasteiger partial charge < -0.3 is 14.6 Å². The molecule has 1 atom stereocenters. The van der Waals surface area contributed by atoms with Crippen LogP contribution in [-0.2, 0) is 4.74 Å². The second-order valence-corrected chi connectivity index (χ2v) is 4.75. The van der Waals surface area contributed by atoms with Crippen molar-refractivity contribution in [2.45, 2.75) is 25.8 Å². The van der Waals surface area contributed by atoms with Crippen molar-refractivity contribution in [1.29, 1.82) is 0 Å². The number of ether oxygens (including phenoxy) is 1. The molecule has 0 aliphatic carbocycles. The molecular formula is C14H17N3O2. The highest BCUT2D eigenvalue weighted by atomic mass is 16.5. The predicted molar refractivity (Wildman–Crippen MR) is 71.9 cm³/mol. The van der Waals surface area contributed by atoms with E-state index in [1.807, 2.05) is 31.2 Å². The normalized spacial score (nSPS) is 19.3. The highest BCUT2D eigenvalue weighted by molar-refractivity contribution is 5.72. The van der Waals surface area contributed by atoms with Crippen LogP contribution in [0.15, 0.2) is 28.8 Å². The summed E-state index contributed by atoms with van der Waals surface area (Å²) in [6, 6.07) is 8.33. The van der Waals surface area contributed by atoms with Crippen molar-refractivity contribution in [2.75, 3.05) is 18.5 Å². The summed E-state index contributed by atoms with van der Waals surface area (Å²) in [6.45, 7) is 3.43. The number of benzene rings is 1. The van der Waals surface area contributed by atoms with Crippen molar-refractivity contribution >= 4 is 5.69 Å². The third kappa shape index (κ3) is 2.76. The van der Waals surface area contributed by atoms with Crippen LogP contribution in [-0.4, -0.2) is 29.4 Å². The van der Waals surface area contributed by atoms with Crippen molar-refractivity contribution in [3.8, 4) is 11.5 Å². The van der Waals surface area contributed by atoms with E-state index in [0.29, 0.717) is 17.8 Å². The van der Waals surface area contributed by atoms with E-state index in [4.69, 9.17) is 9.26 Å². The number of aromatic nitrogens is 2. The summed E-state index contributed by atoms with van der Waals surface area (Å²) >= 11 is 0. The van der Waals surface area contributed by atoms with Crippen molar-refractivity contribution in [3.63, 3.8) is 0 Å². The van der Waals surface area contributed by atoms with Crippen molar-refractivity contribution in [3.05, 3.63) is 30.1 Å². The quantitative estimate of drug-likeness (QED) is 0.918. The number of aryl methyl sites for hydroxylation is 1. The van der Waals surface area contributed by atoms with Gasteiger partial charge in [-0.2, -0.15) is 4.98 Å². The third-order valence-electron chi connectivity index (χ3n) is 3.20. The number of rotatable bonds is 3. The van der Waals surface area contributed by atoms with E-state index in [9.17, 15) is 0 Å². The zero-order chi connectivity index (χ0) is 13.1. The van der Waals surface area contributed by atoms with Gasteiger partial charge in [0.25, 0.3) is 5.89 Å². The summed E-state index contributed by atoms with van der Waals surface area (Å²) in [5, 5.41) is 7.35. The molecule has 2 heterocycles. The molecule has 0 bridgehead atoms. The molecule has 0 saturated carbocycles. The first-order chi connectivity index (χ1) is 9.33. The maximum Gasteiger partial charge on any atom is 0.260 e. The van der Waals surface area contributed by atoms with Gasteiger partial charge in [0.15, 0.2) is 5.82 Å². The fourth-order valence-corrected chi connectivity index (χ4v) is 2.28. The van der Waals surface area contributed by atoms with Gasteiger partial charge in [-0.05, 0) is 31.9 Å². The minimum absolute atomic E-state index is 0.346. The number of hydrogen-bond donors (Lipinski definition) is 1. The van der Waals surface area contributed by atoms with Crippen LogP contribution < -0.4 is 5.32 Å². The molecule has 1 unspecified atom stereocenters. The lowest BCUT2D eigenvalue weighted by Crippen LogP contribution is -2.30. The Kier molecular flexibility index (Phi) is 3.46. The first-order valence-corrected chi connectivity index (χ1v) is 6.57. The molecule has 1 fully saturated rings. The van der Waals surface area contributed by atoms with Gasteiger partial charge in [-0.1, -0.05) is 17.3 Å². The summed E-state index contributed by atoms with van der Waals surface area (Å²) in [7, 11) is 0. The first-order valence-electron chi connectivity index (χ1n) is 6.57. The van der Waals surface area contributed by atoms with Crippen LogP contribution in [0, 0.1) is 6.92 Å². The maximum atomic E-state index is 5.49. The van der Waals surface area contributed by atoms with Crippen molar-refractivity contribution in [1.82, 2.24) is 10.1 Å². The third-order valence-corrected chi connectivity index (χ3v) is 3.20. The lowest BCUT2D eigenvalue weighted by atomic mass is 10.1. The van der Waals surface area contributed by atoms with Gasteiger partial charge >= 0.3 is 0 Å². The minimum atomic E-state index is 0.346. The van der Waals surface area contributed by atoms with E-state index in [2.05, 4.69) is 15.5 Å². The smallest absolute Gasteiger partial charge is 0.260 e. The number of nitrogens with zero attached hydrogens (tertiary/aromatic N) is 2. The number of anilines is 1. The Morgan fingerprint density at radius 1 is 1.32 bits per heavy atom. The van der Waals surface area contributed by atoms with Crippen LogP contribution in [0.4, 0.5) is 5.69 Å². The van der Waals surface area contributed by atoms with E-state index < -0.39 is 0 Å². The van der Waals surface area contributed by atoms with E-state index in [1.54, 1.807) is 0 Å². The highest BCUT2D eigenvalue weighted by Gasteiger charge is 2.17. The fourth-order valence-electron chi connectivity index (χ4n) is 2.28. The summed E-state index contributed by atoms with van der Waals surface area (Å²) in [5.41, 5.74) is 1.95. The summed E-state index contributed by atoms with van der Waals surface area (Å²) in [5.74, 6) is 1.20. The zero-order valence-corrected chi connectivity index (χ0v) is 10.9. The van der Waals surface area contributed by atoms with Gasteiger partial charge in [0.1, 0.15) is 0 Å². The molecule has 0 spiro atoms. The van der Waals surface area contributed by atoms with E-state index in [1.165, 1.54) is 0 Å². The Balaban J connectivity index is 1.84. The van der Waals surface area contributed by atoms with Gasteiger partial charge in [0.05, 0.1) is 12.2 Å². The van der Waals surface area contributed by atoms with Gasteiger partial charge in [-0.3, -0.25) is 0 Å². The molecular weight excluding hydrogens is 242 g/mol. The Morgan fingerprint density at radius 2 is 2.21 bits per heavy atom. The highest BCUT2D eigenvalue weighted by Crippen LogP contribution is 2.27. The number of para-hydroxylation sites is 1.